The maximum absolute atomic E-state index is 11.7. The molecule has 0 spiro atoms. The standard InChI is InChI=1S/C17H22N4O2/c1-2-3-10-17(20-21-17)11-13-18-16(22)9-12-19-23-14-15-7-5-4-6-8-15/h1,4-8,19H,3,9-14H2,(H,18,22). The smallest absolute Gasteiger partial charge is 0.221 e. The monoisotopic (exact) mass is 314 g/mol. The summed E-state index contributed by atoms with van der Waals surface area (Å²) >= 11 is 0. The zero-order valence-electron chi connectivity index (χ0n) is 13.1. The van der Waals surface area contributed by atoms with Gasteiger partial charge in [0.2, 0.25) is 5.91 Å². The molecule has 2 N–H and O–H groups in total. The third kappa shape index (κ3) is 6.59. The molecule has 1 heterocycles. The number of hydrogen-bond acceptors (Lipinski definition) is 5. The first-order chi connectivity index (χ1) is 11.2. The van der Waals surface area contributed by atoms with Gasteiger partial charge >= 0.3 is 0 Å². The van der Waals surface area contributed by atoms with Gasteiger partial charge in [-0.05, 0) is 5.56 Å². The first-order valence-corrected chi connectivity index (χ1v) is 7.77. The molecule has 23 heavy (non-hydrogen) atoms. The molecule has 0 atom stereocenters. The van der Waals surface area contributed by atoms with Gasteiger partial charge in [-0.25, -0.2) is 5.48 Å². The van der Waals surface area contributed by atoms with Gasteiger partial charge in [0.05, 0.1) is 6.61 Å². The molecular formula is C17H22N4O2. The van der Waals surface area contributed by atoms with Gasteiger partial charge in [0.15, 0.2) is 5.66 Å². The average Bonchev–Trinajstić information content (AvgIpc) is 3.34. The molecule has 2 rings (SSSR count). The summed E-state index contributed by atoms with van der Waals surface area (Å²) in [7, 11) is 0. The van der Waals surface area contributed by atoms with E-state index in [0.717, 1.165) is 12.0 Å². The lowest BCUT2D eigenvalue weighted by Crippen LogP contribution is -2.30. The molecule has 0 saturated heterocycles. The molecule has 0 radical (unpaired) electrons. The van der Waals surface area contributed by atoms with Crippen LogP contribution < -0.4 is 10.8 Å². The van der Waals surface area contributed by atoms with Crippen LogP contribution in [-0.4, -0.2) is 24.7 Å². The van der Waals surface area contributed by atoms with Crippen molar-refractivity contribution in [3.63, 3.8) is 0 Å². The zero-order chi connectivity index (χ0) is 16.4. The molecule has 0 unspecified atom stereocenters. The lowest BCUT2D eigenvalue weighted by molar-refractivity contribution is -0.121. The van der Waals surface area contributed by atoms with Crippen molar-refractivity contribution in [3.8, 4) is 12.3 Å². The molecule has 0 aliphatic carbocycles. The van der Waals surface area contributed by atoms with Crippen molar-refractivity contribution < 1.29 is 9.63 Å². The lowest BCUT2D eigenvalue weighted by atomic mass is 10.0. The van der Waals surface area contributed by atoms with Crippen LogP contribution in [0.4, 0.5) is 0 Å². The second-order valence-electron chi connectivity index (χ2n) is 5.41. The second-order valence-corrected chi connectivity index (χ2v) is 5.41. The minimum Gasteiger partial charge on any atom is -0.356 e. The van der Waals surface area contributed by atoms with Crippen molar-refractivity contribution in [2.24, 2.45) is 10.2 Å². The van der Waals surface area contributed by atoms with E-state index in [1.54, 1.807) is 0 Å². The highest BCUT2D eigenvalue weighted by atomic mass is 16.6. The van der Waals surface area contributed by atoms with Crippen molar-refractivity contribution >= 4 is 5.91 Å². The lowest BCUT2D eigenvalue weighted by Gasteiger charge is -2.10. The maximum Gasteiger partial charge on any atom is 0.221 e. The summed E-state index contributed by atoms with van der Waals surface area (Å²) in [6.45, 7) is 1.50. The van der Waals surface area contributed by atoms with Crippen LogP contribution >= 0.6 is 0 Å². The number of hydrogen-bond donors (Lipinski definition) is 2. The van der Waals surface area contributed by atoms with E-state index in [4.69, 9.17) is 11.3 Å². The van der Waals surface area contributed by atoms with E-state index in [-0.39, 0.29) is 11.6 Å². The van der Waals surface area contributed by atoms with Gasteiger partial charge in [-0.15, -0.1) is 12.3 Å². The Morgan fingerprint density at radius 3 is 2.70 bits per heavy atom. The highest BCUT2D eigenvalue weighted by molar-refractivity contribution is 5.75. The van der Waals surface area contributed by atoms with E-state index in [2.05, 4.69) is 26.9 Å². The fraction of sp³-hybridized carbons (Fsp3) is 0.471. The van der Waals surface area contributed by atoms with E-state index >= 15 is 0 Å². The zero-order valence-corrected chi connectivity index (χ0v) is 13.1. The first-order valence-electron chi connectivity index (χ1n) is 7.77. The third-order valence-corrected chi connectivity index (χ3v) is 3.54. The van der Waals surface area contributed by atoms with Crippen LogP contribution in [0.5, 0.6) is 0 Å². The van der Waals surface area contributed by atoms with Crippen LogP contribution in [0.3, 0.4) is 0 Å². The van der Waals surface area contributed by atoms with Gasteiger partial charge in [-0.3, -0.25) is 9.63 Å². The summed E-state index contributed by atoms with van der Waals surface area (Å²) in [4.78, 5) is 17.0. The fourth-order valence-electron chi connectivity index (χ4n) is 2.10. The molecule has 0 fully saturated rings. The number of nitrogens with one attached hydrogen (secondary N) is 2. The molecule has 1 amide bonds. The van der Waals surface area contributed by atoms with E-state index < -0.39 is 0 Å². The Kier molecular flexibility index (Phi) is 6.73. The third-order valence-electron chi connectivity index (χ3n) is 3.54. The van der Waals surface area contributed by atoms with E-state index in [9.17, 15) is 4.79 Å². The Labute approximate surface area is 136 Å². The van der Waals surface area contributed by atoms with Crippen LogP contribution in [0.15, 0.2) is 40.6 Å². The quantitative estimate of drug-likeness (QED) is 0.373. The number of terminal acetylenes is 1. The summed E-state index contributed by atoms with van der Waals surface area (Å²) in [5.74, 6) is 2.57. The Morgan fingerprint density at radius 2 is 2.00 bits per heavy atom. The van der Waals surface area contributed by atoms with Crippen LogP contribution in [0.1, 0.15) is 31.2 Å². The van der Waals surface area contributed by atoms with Gasteiger partial charge in [0, 0.05) is 38.8 Å². The van der Waals surface area contributed by atoms with Gasteiger partial charge in [0.25, 0.3) is 0 Å². The Bertz CT molecular complexity index is 560. The fourth-order valence-corrected chi connectivity index (χ4v) is 2.10. The van der Waals surface area contributed by atoms with Crippen molar-refractivity contribution in [1.29, 1.82) is 0 Å². The number of carbonyl (C=O) groups is 1. The molecule has 1 aromatic carbocycles. The highest BCUT2D eigenvalue weighted by Gasteiger charge is 2.38. The summed E-state index contributed by atoms with van der Waals surface area (Å²) in [5.41, 5.74) is 3.54. The molecule has 0 aromatic heterocycles. The number of benzene rings is 1. The van der Waals surface area contributed by atoms with E-state index in [0.29, 0.717) is 39.0 Å². The molecule has 6 heteroatoms. The van der Waals surface area contributed by atoms with Gasteiger partial charge < -0.3 is 5.32 Å². The van der Waals surface area contributed by atoms with Gasteiger partial charge in [0.1, 0.15) is 0 Å². The normalized spacial score (nSPS) is 14.2. The second kappa shape index (κ2) is 9.03. The largest absolute Gasteiger partial charge is 0.356 e. The predicted octanol–water partition coefficient (Wildman–Crippen LogP) is 2.18. The SMILES string of the molecule is C#CCCC1(CCNC(=O)CCNOCc2ccccc2)N=N1. The Hall–Kier alpha value is -2.23. The number of hydroxylamine groups is 1. The number of amides is 1. The molecule has 122 valence electrons. The number of carbonyl (C=O) groups excluding carboxylic acids is 1. The van der Waals surface area contributed by atoms with Gasteiger partial charge in [-0.2, -0.15) is 10.2 Å². The Morgan fingerprint density at radius 1 is 1.22 bits per heavy atom. The topological polar surface area (TPSA) is 75.1 Å². The van der Waals surface area contributed by atoms with Crippen LogP contribution in [0.25, 0.3) is 0 Å². The minimum absolute atomic E-state index is 0.0199. The van der Waals surface area contributed by atoms with Crippen LogP contribution in [0, 0.1) is 12.3 Å². The van der Waals surface area contributed by atoms with Crippen LogP contribution in [-0.2, 0) is 16.2 Å². The van der Waals surface area contributed by atoms with Crippen molar-refractivity contribution in [1.82, 2.24) is 10.8 Å². The summed E-state index contributed by atoms with van der Waals surface area (Å²) in [6, 6.07) is 9.85. The predicted molar refractivity (Wildman–Crippen MR) is 87.1 cm³/mol. The number of nitrogens with zero attached hydrogens (tertiary/aromatic N) is 2. The maximum atomic E-state index is 11.7. The summed E-state index contributed by atoms with van der Waals surface area (Å²) < 4.78 is 0. The molecule has 1 aliphatic heterocycles. The average molecular weight is 314 g/mol. The molecule has 0 saturated carbocycles. The van der Waals surface area contributed by atoms with Gasteiger partial charge in [-0.1, -0.05) is 30.3 Å². The van der Waals surface area contributed by atoms with Crippen molar-refractivity contribution in [2.45, 2.75) is 38.0 Å². The number of rotatable bonds is 11. The molecule has 6 nitrogen and oxygen atoms in total. The molecule has 1 aromatic rings. The molecular weight excluding hydrogens is 292 g/mol. The van der Waals surface area contributed by atoms with Crippen molar-refractivity contribution in [2.75, 3.05) is 13.1 Å². The minimum atomic E-state index is -0.337. The molecule has 0 bridgehead atoms. The van der Waals surface area contributed by atoms with Crippen LogP contribution in [0.2, 0.25) is 0 Å². The summed E-state index contributed by atoms with van der Waals surface area (Å²) in [6.07, 6.45) is 7.72. The highest BCUT2D eigenvalue weighted by Crippen LogP contribution is 2.35. The first kappa shape index (κ1) is 17.1. The summed E-state index contributed by atoms with van der Waals surface area (Å²) in [5, 5.41) is 10.9. The van der Waals surface area contributed by atoms with E-state index in [1.165, 1.54) is 0 Å². The Balaban J connectivity index is 1.47. The van der Waals surface area contributed by atoms with Crippen molar-refractivity contribution in [3.05, 3.63) is 35.9 Å². The van der Waals surface area contributed by atoms with E-state index in [1.807, 2.05) is 30.3 Å². The molecule has 1 aliphatic rings.